The molecule has 100 valence electrons. The van der Waals surface area contributed by atoms with Crippen LogP contribution < -0.4 is 0 Å². The molecule has 4 heteroatoms. The third-order valence-corrected chi connectivity index (χ3v) is 4.06. The van der Waals surface area contributed by atoms with Crippen LogP contribution in [0.15, 0.2) is 53.5 Å². The second-order valence-electron chi connectivity index (χ2n) is 5.33. The van der Waals surface area contributed by atoms with E-state index in [2.05, 4.69) is 17.8 Å². The summed E-state index contributed by atoms with van der Waals surface area (Å²) in [6.45, 7) is 5.40. The number of hydroxylamine groups is 2. The summed E-state index contributed by atoms with van der Waals surface area (Å²) in [4.78, 5) is 4.39. The second kappa shape index (κ2) is 4.79. The summed E-state index contributed by atoms with van der Waals surface area (Å²) < 4.78 is 0.471. The van der Waals surface area contributed by atoms with Gasteiger partial charge in [0, 0.05) is 17.5 Å². The van der Waals surface area contributed by atoms with Gasteiger partial charge in [0.25, 0.3) is 0 Å². The summed E-state index contributed by atoms with van der Waals surface area (Å²) in [6, 6.07) is 0. The van der Waals surface area contributed by atoms with Crippen LogP contribution in [0.1, 0.15) is 25.7 Å². The molecule has 3 aliphatic rings. The lowest BCUT2D eigenvalue weighted by Gasteiger charge is -2.48. The van der Waals surface area contributed by atoms with Gasteiger partial charge in [0.15, 0.2) is 0 Å². The number of nitrogens with zero attached hydrogens (tertiary/aromatic N) is 3. The van der Waals surface area contributed by atoms with Crippen LogP contribution >= 0.6 is 0 Å². The van der Waals surface area contributed by atoms with Crippen molar-refractivity contribution in [3.8, 4) is 0 Å². The predicted octanol–water partition coefficient (Wildman–Crippen LogP) is 3.03. The molecule has 0 aromatic rings. The number of aliphatic imine (C=N–C) groups is 1. The van der Waals surface area contributed by atoms with E-state index in [1.165, 1.54) is 12.0 Å². The SMILES string of the molecule is C=CC[N+]12C=CC=CN=C1N([O-])C1=C(CCCC1)C2. The molecule has 1 unspecified atom stereocenters. The first-order valence-corrected chi connectivity index (χ1v) is 6.85. The normalized spacial score (nSPS) is 29.5. The Bertz CT molecular complexity index is 515. The fraction of sp³-hybridized carbons (Fsp3) is 0.400. The Morgan fingerprint density at radius 3 is 3.05 bits per heavy atom. The lowest BCUT2D eigenvalue weighted by atomic mass is 9.93. The standard InChI is InChI=1S/C15H19N3O/c1-2-10-18-11-6-5-9-16-15(18)17(19)14-8-4-3-7-13(14)12-18/h2,5-6,9,11H,1,3-4,7-8,10,12H2. The van der Waals surface area contributed by atoms with Crippen LogP contribution in [0.2, 0.25) is 0 Å². The topological polar surface area (TPSA) is 38.7 Å². The molecule has 0 saturated heterocycles. The van der Waals surface area contributed by atoms with Gasteiger partial charge in [0.1, 0.15) is 19.3 Å². The van der Waals surface area contributed by atoms with Crippen molar-refractivity contribution in [1.29, 1.82) is 0 Å². The Kier molecular flexibility index (Phi) is 3.12. The van der Waals surface area contributed by atoms with Crippen molar-refractivity contribution >= 4 is 5.96 Å². The Hall–Kier alpha value is -1.65. The van der Waals surface area contributed by atoms with Gasteiger partial charge >= 0.3 is 5.96 Å². The van der Waals surface area contributed by atoms with Gasteiger partial charge in [0.2, 0.25) is 0 Å². The van der Waals surface area contributed by atoms with Gasteiger partial charge in [-0.15, -0.1) is 0 Å². The number of hydrogen-bond acceptors (Lipinski definition) is 3. The molecule has 0 spiro atoms. The quantitative estimate of drug-likeness (QED) is 0.563. The van der Waals surface area contributed by atoms with Gasteiger partial charge in [-0.05, 0) is 43.9 Å². The van der Waals surface area contributed by atoms with Gasteiger partial charge in [0.05, 0.1) is 0 Å². The monoisotopic (exact) mass is 257 g/mol. The van der Waals surface area contributed by atoms with E-state index in [4.69, 9.17) is 0 Å². The molecule has 0 N–H and O–H groups in total. The van der Waals surface area contributed by atoms with Gasteiger partial charge in [-0.1, -0.05) is 6.58 Å². The number of allylic oxidation sites excluding steroid dienone is 3. The summed E-state index contributed by atoms with van der Waals surface area (Å²) in [7, 11) is 0. The van der Waals surface area contributed by atoms with Crippen LogP contribution in [-0.2, 0) is 0 Å². The second-order valence-corrected chi connectivity index (χ2v) is 5.33. The zero-order valence-electron chi connectivity index (χ0n) is 11.1. The number of fused-ring (bicyclic) bond motifs is 1. The highest BCUT2D eigenvalue weighted by molar-refractivity contribution is 5.79. The van der Waals surface area contributed by atoms with E-state index in [1.807, 2.05) is 18.2 Å². The average Bonchev–Trinajstić information content (AvgIpc) is 2.62. The molecule has 19 heavy (non-hydrogen) atoms. The summed E-state index contributed by atoms with van der Waals surface area (Å²) in [6.07, 6.45) is 13.7. The molecule has 0 aromatic carbocycles. The maximum Gasteiger partial charge on any atom is 0.303 e. The minimum Gasteiger partial charge on any atom is -0.749 e. The first-order chi connectivity index (χ1) is 9.27. The maximum absolute atomic E-state index is 12.6. The molecule has 3 rings (SSSR count). The Labute approximate surface area is 113 Å². The molecule has 0 saturated carbocycles. The Balaban J connectivity index is 2.10. The zero-order chi connectivity index (χ0) is 13.3. The molecule has 0 aromatic heterocycles. The summed E-state index contributed by atoms with van der Waals surface area (Å²) in [5, 5.41) is 13.7. The van der Waals surface area contributed by atoms with Gasteiger partial charge < -0.3 is 10.3 Å². The third-order valence-electron chi connectivity index (χ3n) is 4.06. The largest absolute Gasteiger partial charge is 0.749 e. The molecule has 4 nitrogen and oxygen atoms in total. The molecule has 0 bridgehead atoms. The van der Waals surface area contributed by atoms with E-state index in [0.29, 0.717) is 17.0 Å². The first-order valence-electron chi connectivity index (χ1n) is 6.85. The van der Waals surface area contributed by atoms with Crippen molar-refractivity contribution in [2.24, 2.45) is 4.99 Å². The van der Waals surface area contributed by atoms with Gasteiger partial charge in [-0.25, -0.2) is 4.48 Å². The minimum atomic E-state index is 0.471. The van der Waals surface area contributed by atoms with Crippen LogP contribution in [-0.4, -0.2) is 28.6 Å². The highest BCUT2D eigenvalue weighted by atomic mass is 16.5. The summed E-state index contributed by atoms with van der Waals surface area (Å²) >= 11 is 0. The fourth-order valence-electron chi connectivity index (χ4n) is 3.18. The van der Waals surface area contributed by atoms with Crippen molar-refractivity contribution in [2.45, 2.75) is 25.7 Å². The van der Waals surface area contributed by atoms with E-state index in [1.54, 1.807) is 6.20 Å². The molecule has 1 aliphatic carbocycles. The van der Waals surface area contributed by atoms with Crippen molar-refractivity contribution in [3.63, 3.8) is 0 Å². The van der Waals surface area contributed by atoms with Crippen LogP contribution in [0.4, 0.5) is 0 Å². The Morgan fingerprint density at radius 2 is 2.21 bits per heavy atom. The third kappa shape index (κ3) is 1.97. The van der Waals surface area contributed by atoms with Crippen LogP contribution in [0, 0.1) is 5.21 Å². The number of quaternary nitrogens is 1. The minimum absolute atomic E-state index is 0.471. The predicted molar refractivity (Wildman–Crippen MR) is 76.6 cm³/mol. The smallest absolute Gasteiger partial charge is 0.303 e. The van der Waals surface area contributed by atoms with Crippen LogP contribution in [0.5, 0.6) is 0 Å². The van der Waals surface area contributed by atoms with Crippen molar-refractivity contribution in [1.82, 2.24) is 5.06 Å². The maximum atomic E-state index is 12.6. The molecule has 2 heterocycles. The van der Waals surface area contributed by atoms with E-state index < -0.39 is 0 Å². The highest BCUT2D eigenvalue weighted by Crippen LogP contribution is 2.36. The Morgan fingerprint density at radius 1 is 1.37 bits per heavy atom. The molecule has 2 aliphatic heterocycles. The van der Waals surface area contributed by atoms with Crippen molar-refractivity contribution in [3.05, 3.63) is 53.7 Å². The van der Waals surface area contributed by atoms with Gasteiger partial charge in [-0.2, -0.15) is 4.99 Å². The van der Waals surface area contributed by atoms with Crippen LogP contribution in [0.3, 0.4) is 0 Å². The molecule has 0 radical (unpaired) electrons. The molecule has 0 amide bonds. The van der Waals surface area contributed by atoms with Crippen molar-refractivity contribution < 1.29 is 4.48 Å². The lowest BCUT2D eigenvalue weighted by Crippen LogP contribution is -2.58. The molecular weight excluding hydrogens is 238 g/mol. The first kappa shape index (κ1) is 12.4. The zero-order valence-corrected chi connectivity index (χ0v) is 11.1. The highest BCUT2D eigenvalue weighted by Gasteiger charge is 2.40. The number of hydrogen-bond donors (Lipinski definition) is 0. The number of rotatable bonds is 2. The summed E-state index contributed by atoms with van der Waals surface area (Å²) in [5.74, 6) is 0.575. The molecular formula is C15H19N3O. The summed E-state index contributed by atoms with van der Waals surface area (Å²) in [5.41, 5.74) is 2.25. The van der Waals surface area contributed by atoms with E-state index >= 15 is 0 Å². The van der Waals surface area contributed by atoms with E-state index in [0.717, 1.165) is 36.6 Å². The molecule has 1 atom stereocenters. The number of guanidine groups is 1. The molecule has 0 fully saturated rings. The lowest BCUT2D eigenvalue weighted by molar-refractivity contribution is -0.784. The van der Waals surface area contributed by atoms with Crippen LogP contribution in [0.25, 0.3) is 0 Å². The average molecular weight is 257 g/mol. The van der Waals surface area contributed by atoms with Gasteiger partial charge in [-0.3, -0.25) is 0 Å². The van der Waals surface area contributed by atoms with E-state index in [9.17, 15) is 5.21 Å². The van der Waals surface area contributed by atoms with Crippen molar-refractivity contribution in [2.75, 3.05) is 13.1 Å². The fourth-order valence-corrected chi connectivity index (χ4v) is 3.18. The van der Waals surface area contributed by atoms with E-state index in [-0.39, 0.29) is 0 Å².